The summed E-state index contributed by atoms with van der Waals surface area (Å²) in [5.74, 6) is 0.710. The van der Waals surface area contributed by atoms with Crippen LogP contribution in [0.2, 0.25) is 0 Å². The lowest BCUT2D eigenvalue weighted by Crippen LogP contribution is -2.01. The number of aryl methyl sites for hydroxylation is 1. The van der Waals surface area contributed by atoms with Crippen molar-refractivity contribution in [3.63, 3.8) is 0 Å². The number of alkyl halides is 1. The van der Waals surface area contributed by atoms with Crippen molar-refractivity contribution >= 4 is 38.9 Å². The average Bonchev–Trinajstić information content (AvgIpc) is 2.76. The van der Waals surface area contributed by atoms with E-state index in [9.17, 15) is 0 Å². The van der Waals surface area contributed by atoms with E-state index >= 15 is 0 Å². The summed E-state index contributed by atoms with van der Waals surface area (Å²) in [5.41, 5.74) is 0. The lowest BCUT2D eigenvalue weighted by Gasteiger charge is -2.14. The van der Waals surface area contributed by atoms with Gasteiger partial charge >= 0.3 is 0 Å². The van der Waals surface area contributed by atoms with Gasteiger partial charge in [-0.05, 0) is 47.7 Å². The van der Waals surface area contributed by atoms with E-state index in [2.05, 4.69) is 28.9 Å². The van der Waals surface area contributed by atoms with E-state index in [1.807, 2.05) is 11.3 Å². The van der Waals surface area contributed by atoms with Crippen LogP contribution in [-0.2, 0) is 0 Å². The van der Waals surface area contributed by atoms with Crippen molar-refractivity contribution in [3.05, 3.63) is 20.3 Å². The molecule has 0 aliphatic heterocycles. The van der Waals surface area contributed by atoms with Crippen LogP contribution in [0.5, 0.6) is 0 Å². The maximum absolute atomic E-state index is 6.49. The summed E-state index contributed by atoms with van der Waals surface area (Å²) in [6.45, 7) is 2.14. The van der Waals surface area contributed by atoms with Crippen molar-refractivity contribution in [3.8, 4) is 0 Å². The summed E-state index contributed by atoms with van der Waals surface area (Å²) >= 11 is 11.9. The first-order valence-electron chi connectivity index (χ1n) is 5.08. The molecule has 0 amide bonds. The summed E-state index contributed by atoms with van der Waals surface area (Å²) in [7, 11) is 0. The third kappa shape index (κ3) is 2.17. The summed E-state index contributed by atoms with van der Waals surface area (Å²) in [6, 6.07) is 2.19. The van der Waals surface area contributed by atoms with Gasteiger partial charge in [-0.3, -0.25) is 0 Å². The normalized spacial score (nSPS) is 20.2. The molecule has 1 aromatic rings. The third-order valence-corrected chi connectivity index (χ3v) is 5.90. The molecule has 1 heterocycles. The van der Waals surface area contributed by atoms with Gasteiger partial charge in [0.15, 0.2) is 0 Å². The van der Waals surface area contributed by atoms with E-state index in [-0.39, 0.29) is 5.38 Å². The van der Waals surface area contributed by atoms with Crippen LogP contribution in [0.4, 0.5) is 0 Å². The predicted octanol–water partition coefficient (Wildman–Crippen LogP) is 5.29. The highest BCUT2D eigenvalue weighted by atomic mass is 79.9. The fraction of sp³-hybridized carbons (Fsp3) is 0.636. The number of hydrogen-bond acceptors (Lipinski definition) is 1. The van der Waals surface area contributed by atoms with Gasteiger partial charge in [0.2, 0.25) is 0 Å². The van der Waals surface area contributed by atoms with E-state index in [0.29, 0.717) is 5.92 Å². The Morgan fingerprint density at radius 1 is 1.50 bits per heavy atom. The molecule has 14 heavy (non-hydrogen) atoms. The Hall–Kier alpha value is 0.470. The van der Waals surface area contributed by atoms with Gasteiger partial charge in [-0.2, -0.15) is 0 Å². The minimum Gasteiger partial charge on any atom is -0.143 e. The van der Waals surface area contributed by atoms with Crippen LogP contribution >= 0.6 is 38.9 Å². The molecular formula is C11H14BrClS. The van der Waals surface area contributed by atoms with Gasteiger partial charge in [-0.1, -0.05) is 12.8 Å². The first kappa shape index (κ1) is 11.0. The van der Waals surface area contributed by atoms with Gasteiger partial charge in [-0.25, -0.2) is 0 Å². The molecule has 0 nitrogen and oxygen atoms in total. The number of halogens is 2. The summed E-state index contributed by atoms with van der Waals surface area (Å²) < 4.78 is 1.21. The van der Waals surface area contributed by atoms with Crippen molar-refractivity contribution in [2.24, 2.45) is 5.92 Å². The van der Waals surface area contributed by atoms with Gasteiger partial charge in [-0.15, -0.1) is 22.9 Å². The van der Waals surface area contributed by atoms with Crippen LogP contribution in [0.25, 0.3) is 0 Å². The monoisotopic (exact) mass is 292 g/mol. The quantitative estimate of drug-likeness (QED) is 0.650. The Bertz CT molecular complexity index is 296. The molecule has 3 heteroatoms. The van der Waals surface area contributed by atoms with Crippen molar-refractivity contribution in [1.82, 2.24) is 0 Å². The van der Waals surface area contributed by atoms with E-state index in [1.54, 1.807) is 0 Å². The summed E-state index contributed by atoms with van der Waals surface area (Å²) in [5, 5.41) is 0.243. The maximum atomic E-state index is 6.49. The van der Waals surface area contributed by atoms with Crippen molar-refractivity contribution in [2.75, 3.05) is 0 Å². The highest BCUT2D eigenvalue weighted by Gasteiger charge is 2.25. The molecule has 0 saturated heterocycles. The standard InChI is InChI=1S/C11H14BrClS/c1-7-9(12)6-10(14-7)11(13)8-4-2-3-5-8/h6,8,11H,2-5H2,1H3. The second kappa shape index (κ2) is 4.54. The topological polar surface area (TPSA) is 0 Å². The van der Waals surface area contributed by atoms with Crippen molar-refractivity contribution in [1.29, 1.82) is 0 Å². The summed E-state index contributed by atoms with van der Waals surface area (Å²) in [4.78, 5) is 2.67. The van der Waals surface area contributed by atoms with Crippen LogP contribution in [0.1, 0.15) is 40.8 Å². The molecule has 0 N–H and O–H groups in total. The molecule has 1 unspecified atom stereocenters. The predicted molar refractivity (Wildman–Crippen MR) is 67.3 cm³/mol. The zero-order valence-corrected chi connectivity index (χ0v) is 11.4. The van der Waals surface area contributed by atoms with E-state index in [4.69, 9.17) is 11.6 Å². The minimum atomic E-state index is 0.243. The molecule has 0 bridgehead atoms. The Balaban J connectivity index is 2.13. The molecule has 1 aromatic heterocycles. The number of rotatable bonds is 2. The Morgan fingerprint density at radius 2 is 2.14 bits per heavy atom. The Labute approximate surface area is 103 Å². The second-order valence-corrected chi connectivity index (χ2v) is 6.61. The Morgan fingerprint density at radius 3 is 2.64 bits per heavy atom. The van der Waals surface area contributed by atoms with Crippen LogP contribution in [0, 0.1) is 12.8 Å². The summed E-state index contributed by atoms with van der Waals surface area (Å²) in [6.07, 6.45) is 5.34. The van der Waals surface area contributed by atoms with Crippen LogP contribution < -0.4 is 0 Å². The molecule has 1 aliphatic rings. The number of hydrogen-bond donors (Lipinski definition) is 0. The first-order valence-corrected chi connectivity index (χ1v) is 7.13. The molecule has 1 fully saturated rings. The fourth-order valence-electron chi connectivity index (χ4n) is 2.10. The molecule has 0 aromatic carbocycles. The lowest BCUT2D eigenvalue weighted by atomic mass is 10.0. The molecule has 78 valence electrons. The molecular weight excluding hydrogens is 280 g/mol. The molecule has 0 radical (unpaired) electrons. The average molecular weight is 294 g/mol. The lowest BCUT2D eigenvalue weighted by molar-refractivity contribution is 0.533. The Kier molecular flexibility index (Phi) is 3.56. The van der Waals surface area contributed by atoms with E-state index < -0.39 is 0 Å². The molecule has 1 aliphatic carbocycles. The maximum Gasteiger partial charge on any atom is 0.0707 e. The molecule has 0 spiro atoms. The van der Waals surface area contributed by atoms with Crippen molar-refractivity contribution in [2.45, 2.75) is 38.0 Å². The SMILES string of the molecule is Cc1sc(C(Cl)C2CCCC2)cc1Br. The largest absolute Gasteiger partial charge is 0.143 e. The molecule has 2 rings (SSSR count). The van der Waals surface area contributed by atoms with Crippen LogP contribution in [0.3, 0.4) is 0 Å². The second-order valence-electron chi connectivity index (χ2n) is 4.00. The molecule has 1 saturated carbocycles. The highest BCUT2D eigenvalue weighted by Crippen LogP contribution is 2.43. The van der Waals surface area contributed by atoms with Crippen LogP contribution in [0.15, 0.2) is 10.5 Å². The number of thiophene rings is 1. The van der Waals surface area contributed by atoms with Gasteiger partial charge in [0.1, 0.15) is 0 Å². The smallest absolute Gasteiger partial charge is 0.0707 e. The van der Waals surface area contributed by atoms with Gasteiger partial charge in [0, 0.05) is 14.2 Å². The van der Waals surface area contributed by atoms with Gasteiger partial charge in [0.25, 0.3) is 0 Å². The van der Waals surface area contributed by atoms with Crippen LogP contribution in [-0.4, -0.2) is 0 Å². The van der Waals surface area contributed by atoms with E-state index in [0.717, 1.165) is 0 Å². The molecule has 1 atom stereocenters. The van der Waals surface area contributed by atoms with Crippen molar-refractivity contribution < 1.29 is 0 Å². The minimum absolute atomic E-state index is 0.243. The zero-order valence-electron chi connectivity index (χ0n) is 8.22. The highest BCUT2D eigenvalue weighted by molar-refractivity contribution is 9.10. The fourth-order valence-corrected chi connectivity index (χ4v) is 4.18. The van der Waals surface area contributed by atoms with E-state index in [1.165, 1.54) is 39.9 Å². The first-order chi connectivity index (χ1) is 6.68. The third-order valence-electron chi connectivity index (χ3n) is 2.96. The van der Waals surface area contributed by atoms with Gasteiger partial charge in [0.05, 0.1) is 5.38 Å². The zero-order chi connectivity index (χ0) is 10.1. The van der Waals surface area contributed by atoms with Gasteiger partial charge < -0.3 is 0 Å².